The van der Waals surface area contributed by atoms with Crippen molar-refractivity contribution < 1.29 is 9.53 Å². The maximum absolute atomic E-state index is 12.2. The summed E-state index contributed by atoms with van der Waals surface area (Å²) >= 11 is 0. The van der Waals surface area contributed by atoms with Crippen LogP contribution in [0.3, 0.4) is 0 Å². The van der Waals surface area contributed by atoms with E-state index in [2.05, 4.69) is 33.9 Å². The van der Waals surface area contributed by atoms with E-state index < -0.39 is 0 Å². The lowest BCUT2D eigenvalue weighted by Gasteiger charge is -2.31. The number of carbonyl (C=O) groups excluding carboxylic acids is 1. The summed E-state index contributed by atoms with van der Waals surface area (Å²) in [6.45, 7) is 1.54. The molecule has 0 aromatic rings. The van der Waals surface area contributed by atoms with Crippen LogP contribution in [-0.2, 0) is 4.74 Å². The Balaban J connectivity index is 1.33. The minimum atomic E-state index is -0.149. The summed E-state index contributed by atoms with van der Waals surface area (Å²) < 4.78 is 5.92. The highest BCUT2D eigenvalue weighted by Crippen LogP contribution is 2.19. The number of hydrogen-bond acceptors (Lipinski definition) is 5. The van der Waals surface area contributed by atoms with Crippen LogP contribution in [-0.4, -0.2) is 38.5 Å². The van der Waals surface area contributed by atoms with E-state index in [-0.39, 0.29) is 12.1 Å². The molecule has 0 saturated heterocycles. The lowest BCUT2D eigenvalue weighted by molar-refractivity contribution is 0.238. The first-order chi connectivity index (χ1) is 12.8. The van der Waals surface area contributed by atoms with Gasteiger partial charge in [0.2, 0.25) is 0 Å². The van der Waals surface area contributed by atoms with E-state index in [0.29, 0.717) is 18.4 Å². The van der Waals surface area contributed by atoms with Gasteiger partial charge in [0.25, 0.3) is 0 Å². The average Bonchev–Trinajstić information content (AvgIpc) is 3.15. The molecule has 0 spiro atoms. The van der Waals surface area contributed by atoms with Gasteiger partial charge in [-0.05, 0) is 31.1 Å². The quantitative estimate of drug-likeness (QED) is 0.486. The van der Waals surface area contributed by atoms with E-state index in [0.717, 1.165) is 43.0 Å². The number of amides is 2. The second-order valence-corrected chi connectivity index (χ2v) is 6.97. The van der Waals surface area contributed by atoms with Crippen LogP contribution in [0, 0.1) is 0 Å². The van der Waals surface area contributed by atoms with E-state index in [1.165, 1.54) is 12.8 Å². The first-order valence-corrected chi connectivity index (χ1v) is 9.42. The first kappa shape index (κ1) is 16.9. The summed E-state index contributed by atoms with van der Waals surface area (Å²) in [6, 6.07) is 0.108. The molecule has 0 bridgehead atoms. The second kappa shape index (κ2) is 7.80. The van der Waals surface area contributed by atoms with Gasteiger partial charge >= 0.3 is 6.03 Å². The lowest BCUT2D eigenvalue weighted by atomic mass is 9.73. The van der Waals surface area contributed by atoms with Crippen molar-refractivity contribution in [1.82, 2.24) is 26.6 Å². The fourth-order valence-electron chi connectivity index (χ4n) is 3.61. The minimum Gasteiger partial charge on any atom is -0.445 e. The minimum absolute atomic E-state index is 0.0429. The molecule has 8 heteroatoms. The Hall–Kier alpha value is -2.51. The predicted octanol–water partition coefficient (Wildman–Crippen LogP) is 0.954. The zero-order chi connectivity index (χ0) is 17.8. The third-order valence-electron chi connectivity index (χ3n) is 4.95. The fraction of sp³-hybridized carbons (Fsp3) is 0.500. The summed E-state index contributed by atoms with van der Waals surface area (Å²) in [5, 5.41) is 15.9. The van der Waals surface area contributed by atoms with Crippen molar-refractivity contribution in [3.05, 3.63) is 47.4 Å². The number of fused-ring (bicyclic) bond motifs is 1. The van der Waals surface area contributed by atoms with Crippen LogP contribution in [0.4, 0.5) is 4.79 Å². The Kier molecular flexibility index (Phi) is 5.08. The molecular weight excluding hydrogens is 329 g/mol. The maximum Gasteiger partial charge on any atom is 0.320 e. The predicted molar refractivity (Wildman–Crippen MR) is 101 cm³/mol. The molecule has 3 aliphatic heterocycles. The lowest BCUT2D eigenvalue weighted by Crippen LogP contribution is -2.48. The number of nitrogens with one attached hydrogen (secondary N) is 5. The molecule has 1 aliphatic carbocycles. The molecule has 26 heavy (non-hydrogen) atoms. The van der Waals surface area contributed by atoms with Crippen molar-refractivity contribution in [1.29, 1.82) is 0 Å². The molecule has 3 heterocycles. The van der Waals surface area contributed by atoms with Gasteiger partial charge in [0.15, 0.2) is 5.88 Å². The van der Waals surface area contributed by atoms with Crippen molar-refractivity contribution in [2.24, 2.45) is 0 Å². The smallest absolute Gasteiger partial charge is 0.320 e. The summed E-state index contributed by atoms with van der Waals surface area (Å²) in [5.74, 6) is 4.28. The van der Waals surface area contributed by atoms with Gasteiger partial charge in [-0.15, -0.1) is 0 Å². The van der Waals surface area contributed by atoms with E-state index in [1.807, 2.05) is 24.2 Å². The summed E-state index contributed by atoms with van der Waals surface area (Å²) in [5.41, 5.74) is 1.07. The highest BCUT2D eigenvalue weighted by atomic mass is 16.5. The average molecular weight is 354 g/mol. The Labute approximate surface area is 154 Å². The van der Waals surface area contributed by atoms with Gasteiger partial charge in [-0.1, -0.05) is 25.1 Å². The number of rotatable bonds is 4. The highest BCUT2D eigenvalue weighted by Gasteiger charge is 2.24. The largest absolute Gasteiger partial charge is 0.445 e. The Morgan fingerprint density at radius 1 is 1.23 bits per heavy atom. The maximum atomic E-state index is 12.2. The standard InChI is InChI=1S/C18H25BN5O2/c25-18(22-12-3-1-2-4-12)24-16-6-5-14-15(23-16)9-13(11-21-14)26-17-10-19-7-8-20-17/h5-6,9-10,12,15,20-21,23H,1-4,7-8,11H2,(H2,22,24,25). The Morgan fingerprint density at radius 2 is 2.12 bits per heavy atom. The monoisotopic (exact) mass is 354 g/mol. The zero-order valence-electron chi connectivity index (χ0n) is 14.8. The van der Waals surface area contributed by atoms with Gasteiger partial charge < -0.3 is 26.0 Å². The third-order valence-corrected chi connectivity index (χ3v) is 4.95. The topological polar surface area (TPSA) is 86.5 Å². The molecule has 1 fully saturated rings. The van der Waals surface area contributed by atoms with Gasteiger partial charge in [-0.2, -0.15) is 0 Å². The molecule has 0 aromatic heterocycles. The molecule has 1 atom stereocenters. The number of ether oxygens (including phenoxy) is 1. The fourth-order valence-corrected chi connectivity index (χ4v) is 3.61. The van der Waals surface area contributed by atoms with Crippen molar-refractivity contribution in [2.75, 3.05) is 13.1 Å². The van der Waals surface area contributed by atoms with Gasteiger partial charge in [0.05, 0.1) is 12.6 Å². The first-order valence-electron chi connectivity index (χ1n) is 9.42. The van der Waals surface area contributed by atoms with Gasteiger partial charge in [-0.25, -0.2) is 4.79 Å². The normalized spacial score (nSPS) is 24.8. The Bertz CT molecular complexity index is 679. The SMILES string of the molecule is O=C(NC1=CC=C2NCC(OC3=C[B]CCN3)=CC2N1)NC1CCCC1. The number of dihydropyridines is 1. The van der Waals surface area contributed by atoms with Crippen LogP contribution >= 0.6 is 0 Å². The number of allylic oxidation sites excluding steroid dienone is 2. The van der Waals surface area contributed by atoms with Crippen molar-refractivity contribution >= 4 is 13.3 Å². The van der Waals surface area contributed by atoms with E-state index in [9.17, 15) is 4.79 Å². The summed E-state index contributed by atoms with van der Waals surface area (Å²) in [6.07, 6.45) is 11.5. The van der Waals surface area contributed by atoms with Crippen LogP contribution in [0.5, 0.6) is 0 Å². The molecule has 4 aliphatic rings. The molecule has 2 amide bonds. The van der Waals surface area contributed by atoms with E-state index >= 15 is 0 Å². The van der Waals surface area contributed by atoms with Crippen molar-refractivity contribution in [3.63, 3.8) is 0 Å². The third kappa shape index (κ3) is 4.18. The van der Waals surface area contributed by atoms with Crippen LogP contribution in [0.1, 0.15) is 25.7 Å². The summed E-state index contributed by atoms with van der Waals surface area (Å²) in [4.78, 5) is 12.2. The number of carbonyl (C=O) groups is 1. The van der Waals surface area contributed by atoms with Gasteiger partial charge in [-0.3, -0.25) is 5.32 Å². The van der Waals surface area contributed by atoms with Crippen LogP contribution in [0.2, 0.25) is 6.32 Å². The molecule has 5 N–H and O–H groups in total. The number of hydrogen-bond donors (Lipinski definition) is 5. The van der Waals surface area contributed by atoms with Crippen molar-refractivity contribution in [3.8, 4) is 0 Å². The van der Waals surface area contributed by atoms with Gasteiger partial charge in [0, 0.05) is 18.3 Å². The summed E-state index contributed by atoms with van der Waals surface area (Å²) in [7, 11) is 2.10. The molecule has 1 saturated carbocycles. The molecular formula is C18H25BN5O2. The van der Waals surface area contributed by atoms with Crippen molar-refractivity contribution in [2.45, 2.75) is 44.1 Å². The van der Waals surface area contributed by atoms with Gasteiger partial charge in [0.1, 0.15) is 18.9 Å². The van der Waals surface area contributed by atoms with Crippen LogP contribution in [0.25, 0.3) is 0 Å². The van der Waals surface area contributed by atoms with Crippen LogP contribution in [0.15, 0.2) is 47.4 Å². The molecule has 1 unspecified atom stereocenters. The molecule has 1 radical (unpaired) electrons. The zero-order valence-corrected chi connectivity index (χ0v) is 14.8. The Morgan fingerprint density at radius 3 is 2.92 bits per heavy atom. The number of urea groups is 1. The molecule has 137 valence electrons. The highest BCUT2D eigenvalue weighted by molar-refractivity contribution is 6.42. The molecule has 0 aromatic carbocycles. The molecule has 7 nitrogen and oxygen atoms in total. The second-order valence-electron chi connectivity index (χ2n) is 6.97. The van der Waals surface area contributed by atoms with E-state index in [1.54, 1.807) is 0 Å². The van der Waals surface area contributed by atoms with Crippen LogP contribution < -0.4 is 26.6 Å². The molecule has 4 rings (SSSR count). The van der Waals surface area contributed by atoms with E-state index in [4.69, 9.17) is 4.74 Å².